The molecule has 0 saturated carbocycles. The minimum Gasteiger partial charge on any atom is -0.455 e. The van der Waals surface area contributed by atoms with Crippen LogP contribution in [0, 0.1) is 0 Å². The lowest BCUT2D eigenvalue weighted by Crippen LogP contribution is -2.32. The molecule has 76 heavy (non-hydrogen) atoms. The van der Waals surface area contributed by atoms with E-state index in [9.17, 15) is 0 Å². The fraction of sp³-hybridized carbons (Fsp3) is 0.0137. The number of hydrogen-bond acceptors (Lipinski definition) is 2. The molecule has 0 aliphatic heterocycles. The van der Waals surface area contributed by atoms with Crippen LogP contribution in [-0.4, -0.2) is 4.57 Å². The monoisotopic (exact) mass is 968 g/mol. The zero-order valence-electron chi connectivity index (χ0n) is 41.5. The summed E-state index contributed by atoms with van der Waals surface area (Å²) in [5, 5.41) is 4.71. The summed E-state index contributed by atoms with van der Waals surface area (Å²) in [7, 11) is 0. The SMILES string of the molecule is c1ccc(-n2c3ccccc3c3cc(-c4ccc(N(c5ccc(-c6cccc7c6oc6ccccc67)cc5)c5cccc(C6(c7ccccc7)c7ccccc7-c7ccccc7-c7ccccc76)c5)cc4)ccc32)cc1. The first kappa shape index (κ1) is 43.6. The number of benzene rings is 12. The van der Waals surface area contributed by atoms with E-state index in [0.717, 1.165) is 61.4 Å². The van der Waals surface area contributed by atoms with Crippen molar-refractivity contribution in [2.45, 2.75) is 5.41 Å². The van der Waals surface area contributed by atoms with Crippen molar-refractivity contribution in [3.8, 4) is 50.2 Å². The van der Waals surface area contributed by atoms with E-state index in [0.29, 0.717) is 0 Å². The number of hydrogen-bond donors (Lipinski definition) is 0. The van der Waals surface area contributed by atoms with Gasteiger partial charge >= 0.3 is 0 Å². The van der Waals surface area contributed by atoms with Gasteiger partial charge in [-0.3, -0.25) is 0 Å². The Kier molecular flexibility index (Phi) is 10.1. The second-order valence-corrected chi connectivity index (χ2v) is 19.9. The molecule has 0 amide bonds. The van der Waals surface area contributed by atoms with Crippen molar-refractivity contribution in [2.24, 2.45) is 0 Å². The Hall–Kier alpha value is -9.96. The summed E-state index contributed by atoms with van der Waals surface area (Å²) >= 11 is 0. The molecule has 356 valence electrons. The highest BCUT2D eigenvalue weighted by Gasteiger charge is 2.44. The van der Waals surface area contributed by atoms with E-state index in [2.05, 4.69) is 295 Å². The zero-order chi connectivity index (χ0) is 50.2. The summed E-state index contributed by atoms with van der Waals surface area (Å²) in [6.45, 7) is 0. The van der Waals surface area contributed by atoms with E-state index in [-0.39, 0.29) is 0 Å². The van der Waals surface area contributed by atoms with Crippen LogP contribution >= 0.6 is 0 Å². The number of nitrogens with zero attached hydrogens (tertiary/aromatic N) is 2. The number of furan rings is 1. The minimum absolute atomic E-state index is 0.684. The number of anilines is 3. The van der Waals surface area contributed by atoms with Crippen molar-refractivity contribution in [2.75, 3.05) is 4.90 Å². The normalized spacial score (nSPS) is 12.6. The highest BCUT2D eigenvalue weighted by molar-refractivity contribution is 6.11. The van der Waals surface area contributed by atoms with E-state index in [4.69, 9.17) is 4.42 Å². The predicted octanol–water partition coefficient (Wildman–Crippen LogP) is 19.5. The lowest BCUT2D eigenvalue weighted by atomic mass is 9.63. The van der Waals surface area contributed by atoms with Crippen molar-refractivity contribution >= 4 is 60.8 Å². The zero-order valence-corrected chi connectivity index (χ0v) is 41.5. The van der Waals surface area contributed by atoms with Gasteiger partial charge in [-0.05, 0) is 134 Å². The summed E-state index contributed by atoms with van der Waals surface area (Å²) in [6, 6.07) is 107. The highest BCUT2D eigenvalue weighted by Crippen LogP contribution is 2.55. The maximum absolute atomic E-state index is 6.55. The van der Waals surface area contributed by atoms with Gasteiger partial charge in [-0.1, -0.05) is 218 Å². The van der Waals surface area contributed by atoms with E-state index in [1.165, 1.54) is 71.9 Å². The van der Waals surface area contributed by atoms with Crippen molar-refractivity contribution < 1.29 is 4.42 Å². The molecular formula is C73H48N2O. The lowest BCUT2D eigenvalue weighted by Gasteiger charge is -2.39. The molecule has 14 aromatic rings. The molecule has 0 N–H and O–H groups in total. The van der Waals surface area contributed by atoms with Crippen LogP contribution in [-0.2, 0) is 5.41 Å². The Morgan fingerprint density at radius 1 is 0.303 bits per heavy atom. The molecule has 0 spiro atoms. The van der Waals surface area contributed by atoms with Gasteiger partial charge in [0.1, 0.15) is 11.2 Å². The van der Waals surface area contributed by atoms with Crippen LogP contribution in [0.1, 0.15) is 22.3 Å². The minimum atomic E-state index is -0.684. The molecule has 3 nitrogen and oxygen atoms in total. The molecule has 0 atom stereocenters. The predicted molar refractivity (Wildman–Crippen MR) is 316 cm³/mol. The summed E-state index contributed by atoms with van der Waals surface area (Å²) < 4.78 is 8.93. The number of aromatic nitrogens is 1. The third kappa shape index (κ3) is 6.76. The van der Waals surface area contributed by atoms with Gasteiger partial charge in [-0.2, -0.15) is 0 Å². The third-order valence-corrected chi connectivity index (χ3v) is 15.9. The molecular weight excluding hydrogens is 921 g/mol. The smallest absolute Gasteiger partial charge is 0.143 e. The quantitative estimate of drug-likeness (QED) is 0.151. The van der Waals surface area contributed by atoms with Gasteiger partial charge in [0.25, 0.3) is 0 Å². The van der Waals surface area contributed by atoms with Crippen molar-refractivity contribution in [1.82, 2.24) is 4.57 Å². The fourth-order valence-electron chi connectivity index (χ4n) is 12.6. The maximum Gasteiger partial charge on any atom is 0.143 e. The van der Waals surface area contributed by atoms with Crippen LogP contribution in [0.2, 0.25) is 0 Å². The van der Waals surface area contributed by atoms with E-state index in [1.54, 1.807) is 0 Å². The van der Waals surface area contributed by atoms with Crippen molar-refractivity contribution in [3.63, 3.8) is 0 Å². The van der Waals surface area contributed by atoms with Crippen LogP contribution in [0.25, 0.3) is 93.9 Å². The lowest BCUT2D eigenvalue weighted by molar-refractivity contribution is 0.670. The summed E-state index contributed by atoms with van der Waals surface area (Å²) in [4.78, 5) is 2.41. The maximum atomic E-state index is 6.55. The van der Waals surface area contributed by atoms with Gasteiger partial charge < -0.3 is 13.9 Å². The molecule has 12 aromatic carbocycles. The van der Waals surface area contributed by atoms with Crippen molar-refractivity contribution in [1.29, 1.82) is 0 Å². The van der Waals surface area contributed by atoms with Gasteiger partial charge in [0.05, 0.1) is 16.4 Å². The average molecular weight is 969 g/mol. The van der Waals surface area contributed by atoms with E-state index >= 15 is 0 Å². The molecule has 0 saturated heterocycles. The number of para-hydroxylation sites is 4. The standard InChI is InChI=1S/C73H48N2O/c1-3-19-52(20-4-1)73(67-33-13-9-27-61(67)59-25-7-8-26-60(59)62-28-10-14-34-68(62)73)53-21-17-24-57(48-53)74(56-44-39-50(40-45-56)58-31-18-32-65-64-30-12-16-36-71(64)76-72(58)65)55-42-37-49(38-43-55)51-41-46-70-66(47-51)63-29-11-15-35-69(63)75(70)54-22-5-2-6-23-54/h1-48H. The van der Waals surface area contributed by atoms with Crippen molar-refractivity contribution in [3.05, 3.63) is 313 Å². The van der Waals surface area contributed by atoms with Crippen LogP contribution in [0.3, 0.4) is 0 Å². The summed E-state index contributed by atoms with van der Waals surface area (Å²) in [6.07, 6.45) is 0. The summed E-state index contributed by atoms with van der Waals surface area (Å²) in [5.41, 5.74) is 22.1. The Morgan fingerprint density at radius 3 is 1.53 bits per heavy atom. The van der Waals surface area contributed by atoms with Crippen LogP contribution in [0.5, 0.6) is 0 Å². The van der Waals surface area contributed by atoms with Crippen LogP contribution in [0.15, 0.2) is 296 Å². The van der Waals surface area contributed by atoms with Gasteiger partial charge in [0.15, 0.2) is 0 Å². The van der Waals surface area contributed by atoms with E-state index in [1.807, 2.05) is 6.07 Å². The first-order valence-corrected chi connectivity index (χ1v) is 26.2. The van der Waals surface area contributed by atoms with Gasteiger partial charge in [-0.15, -0.1) is 0 Å². The highest BCUT2D eigenvalue weighted by atomic mass is 16.3. The van der Waals surface area contributed by atoms with Gasteiger partial charge in [0.2, 0.25) is 0 Å². The fourth-order valence-corrected chi connectivity index (χ4v) is 12.6. The molecule has 15 rings (SSSR count). The van der Waals surface area contributed by atoms with Crippen LogP contribution in [0.4, 0.5) is 17.1 Å². The average Bonchev–Trinajstić information content (AvgIpc) is 4.07. The van der Waals surface area contributed by atoms with Crippen LogP contribution < -0.4 is 4.90 Å². The Morgan fingerprint density at radius 2 is 0.816 bits per heavy atom. The first-order chi connectivity index (χ1) is 37.7. The molecule has 2 heterocycles. The molecule has 0 radical (unpaired) electrons. The molecule has 3 heteroatoms. The third-order valence-electron chi connectivity index (χ3n) is 15.9. The Balaban J connectivity index is 0.911. The number of fused-ring (bicyclic) bond motifs is 11. The molecule has 0 fully saturated rings. The van der Waals surface area contributed by atoms with Gasteiger partial charge in [-0.25, -0.2) is 0 Å². The first-order valence-electron chi connectivity index (χ1n) is 26.2. The Labute approximate surface area is 441 Å². The molecule has 0 bridgehead atoms. The largest absolute Gasteiger partial charge is 0.455 e. The molecule has 1 aliphatic rings. The molecule has 2 aromatic heterocycles. The molecule has 1 aliphatic carbocycles. The second-order valence-electron chi connectivity index (χ2n) is 19.9. The second kappa shape index (κ2) is 17.6. The van der Waals surface area contributed by atoms with Gasteiger partial charge in [0, 0.05) is 49.9 Å². The topological polar surface area (TPSA) is 21.3 Å². The summed E-state index contributed by atoms with van der Waals surface area (Å²) in [5.74, 6) is 0. The van der Waals surface area contributed by atoms with E-state index < -0.39 is 5.41 Å². The number of rotatable bonds is 8. The molecule has 0 unspecified atom stereocenters. The Bertz CT molecular complexity index is 4440.